The van der Waals surface area contributed by atoms with E-state index in [9.17, 15) is 19.8 Å². The van der Waals surface area contributed by atoms with Crippen molar-refractivity contribution >= 4 is 18.3 Å². The number of anilines is 1. The number of benzene rings is 3. The topological polar surface area (TPSA) is 124 Å². The van der Waals surface area contributed by atoms with Crippen LogP contribution in [0.1, 0.15) is 62.3 Å². The van der Waals surface area contributed by atoms with Crippen LogP contribution >= 0.6 is 0 Å². The van der Waals surface area contributed by atoms with Gasteiger partial charge < -0.3 is 44.9 Å². The highest BCUT2D eigenvalue weighted by atomic mass is 16.5. The fourth-order valence-corrected chi connectivity index (χ4v) is 6.86. The molecule has 10 heteroatoms. The summed E-state index contributed by atoms with van der Waals surface area (Å²) >= 11 is 0. The third-order valence-corrected chi connectivity index (χ3v) is 9.41. The molecule has 0 saturated carbocycles. The van der Waals surface area contributed by atoms with E-state index in [4.69, 9.17) is 9.47 Å². The first-order chi connectivity index (χ1) is 24.9. The summed E-state index contributed by atoms with van der Waals surface area (Å²) in [6.07, 6.45) is 5.52. The average molecular weight is 719 g/mol. The van der Waals surface area contributed by atoms with Gasteiger partial charge in [0.1, 0.15) is 35.8 Å². The molecule has 4 N–H and O–H groups in total. The molecule has 52 heavy (non-hydrogen) atoms. The normalized spacial score (nSPS) is 14.4. The van der Waals surface area contributed by atoms with Crippen molar-refractivity contribution in [3.05, 3.63) is 82.9 Å². The van der Waals surface area contributed by atoms with Crippen molar-refractivity contribution in [2.45, 2.75) is 58.3 Å². The molecule has 10 nitrogen and oxygen atoms in total. The third-order valence-electron chi connectivity index (χ3n) is 9.41. The van der Waals surface area contributed by atoms with E-state index in [-0.39, 0.29) is 17.8 Å². The Bertz CT molecular complexity index is 1500. The molecule has 1 aliphatic heterocycles. The van der Waals surface area contributed by atoms with Crippen molar-refractivity contribution in [3.8, 4) is 17.2 Å². The standard InChI is InChI=1S/C23H29NO3.C19H33N3O3/c1-24-13-11-23(12-14-24,20-6-3-2-4-7-20)21-18-19(8-9-22(21)26)10-17-27-16-5-15-25;1-19(2,3)14-22(5)11-10-21-9-8-15-6-7-16(24)17(20-4)18(15)25-13-12-23/h2-4,6-9,15,18,26H,5,10-14,16-17H2,1H3;6-7,12,20-21,24H,8-11,13-14H2,1-5H3. The minimum Gasteiger partial charge on any atom is -0.508 e. The van der Waals surface area contributed by atoms with Crippen LogP contribution in [-0.2, 0) is 32.6 Å². The Labute approximate surface area is 311 Å². The van der Waals surface area contributed by atoms with Gasteiger partial charge in [0.25, 0.3) is 0 Å². The first kappa shape index (κ1) is 42.5. The van der Waals surface area contributed by atoms with Crippen molar-refractivity contribution in [2.24, 2.45) is 5.41 Å². The highest BCUT2D eigenvalue weighted by Crippen LogP contribution is 2.45. The lowest BCUT2D eigenvalue weighted by atomic mass is 9.67. The van der Waals surface area contributed by atoms with E-state index in [0.717, 1.165) is 87.9 Å². The second-order valence-electron chi connectivity index (χ2n) is 14.9. The average Bonchev–Trinajstić information content (AvgIpc) is 3.12. The number of likely N-dealkylation sites (N-methyl/N-ethyl adjacent to an activating group) is 1. The van der Waals surface area contributed by atoms with Gasteiger partial charge >= 0.3 is 0 Å². The van der Waals surface area contributed by atoms with Crippen LogP contribution < -0.4 is 15.4 Å². The molecule has 1 saturated heterocycles. The van der Waals surface area contributed by atoms with Gasteiger partial charge in [0.15, 0.2) is 6.29 Å². The second kappa shape index (κ2) is 21.5. The van der Waals surface area contributed by atoms with Crippen molar-refractivity contribution in [3.63, 3.8) is 0 Å². The predicted octanol–water partition coefficient (Wildman–Crippen LogP) is 5.67. The van der Waals surface area contributed by atoms with Crippen LogP contribution in [0.4, 0.5) is 5.69 Å². The maximum atomic E-state index is 10.7. The Morgan fingerprint density at radius 1 is 0.923 bits per heavy atom. The SMILES string of the molecule is CN1CCC(c2ccccc2)(c2cc(CCOCCC=O)ccc2O)CC1.CNc1c(O)ccc(CCNCCN(C)CC(C)(C)C)c1OCC=O. The summed E-state index contributed by atoms with van der Waals surface area (Å²) in [6.45, 7) is 13.5. The van der Waals surface area contributed by atoms with E-state index < -0.39 is 0 Å². The summed E-state index contributed by atoms with van der Waals surface area (Å²) in [5.41, 5.74) is 5.06. The number of rotatable bonds is 19. The molecule has 0 amide bonds. The minimum absolute atomic E-state index is 0.0316. The van der Waals surface area contributed by atoms with Gasteiger partial charge in [0, 0.05) is 44.1 Å². The van der Waals surface area contributed by atoms with E-state index in [1.54, 1.807) is 13.1 Å². The Kier molecular flexibility index (Phi) is 17.6. The number of phenols is 2. The van der Waals surface area contributed by atoms with E-state index in [2.05, 4.69) is 85.6 Å². The molecule has 1 aliphatic rings. The van der Waals surface area contributed by atoms with Crippen molar-refractivity contribution in [1.82, 2.24) is 15.1 Å². The molecule has 286 valence electrons. The van der Waals surface area contributed by atoms with Crippen LogP contribution in [0.25, 0.3) is 0 Å². The van der Waals surface area contributed by atoms with Gasteiger partial charge in [-0.3, -0.25) is 4.79 Å². The van der Waals surface area contributed by atoms with Crippen LogP contribution in [0.2, 0.25) is 0 Å². The van der Waals surface area contributed by atoms with Gasteiger partial charge in [0.05, 0.1) is 13.2 Å². The number of piperidine rings is 1. The Morgan fingerprint density at radius 2 is 1.63 bits per heavy atom. The molecule has 0 spiro atoms. The third kappa shape index (κ3) is 13.2. The van der Waals surface area contributed by atoms with E-state index in [1.807, 2.05) is 24.3 Å². The second-order valence-corrected chi connectivity index (χ2v) is 14.9. The molecule has 0 radical (unpaired) electrons. The molecule has 4 rings (SSSR count). The molecule has 0 bridgehead atoms. The number of phenolic OH excluding ortho intramolecular Hbond substituents is 2. The quantitative estimate of drug-likeness (QED) is 0.0701. The van der Waals surface area contributed by atoms with E-state index in [0.29, 0.717) is 48.5 Å². The lowest BCUT2D eigenvalue weighted by Crippen LogP contribution is -2.41. The van der Waals surface area contributed by atoms with E-state index >= 15 is 0 Å². The number of aromatic hydroxyl groups is 2. The Hall–Kier alpha value is -3.96. The molecule has 0 aromatic heterocycles. The van der Waals surface area contributed by atoms with Gasteiger partial charge in [-0.05, 0) is 93.7 Å². The predicted molar refractivity (Wildman–Crippen MR) is 210 cm³/mol. The maximum absolute atomic E-state index is 10.7. The number of nitrogens with zero attached hydrogens (tertiary/aromatic N) is 2. The van der Waals surface area contributed by atoms with Gasteiger partial charge in [0.2, 0.25) is 0 Å². The van der Waals surface area contributed by atoms with Crippen molar-refractivity contribution < 1.29 is 29.3 Å². The van der Waals surface area contributed by atoms with Gasteiger partial charge in [-0.1, -0.05) is 69.3 Å². The number of likely N-dealkylation sites (tertiary alicyclic amines) is 1. The van der Waals surface area contributed by atoms with Gasteiger partial charge in [-0.15, -0.1) is 0 Å². The number of carbonyl (C=O) groups is 2. The minimum atomic E-state index is -0.160. The van der Waals surface area contributed by atoms with Crippen LogP contribution in [0, 0.1) is 5.41 Å². The van der Waals surface area contributed by atoms with Gasteiger partial charge in [-0.2, -0.15) is 0 Å². The molecule has 0 atom stereocenters. The number of ether oxygens (including phenoxy) is 2. The molecule has 0 unspecified atom stereocenters. The lowest BCUT2D eigenvalue weighted by molar-refractivity contribution is -0.110. The number of aldehydes is 2. The summed E-state index contributed by atoms with van der Waals surface area (Å²) in [5.74, 6) is 1.03. The summed E-state index contributed by atoms with van der Waals surface area (Å²) in [6, 6.07) is 20.0. The molecule has 1 fully saturated rings. The summed E-state index contributed by atoms with van der Waals surface area (Å²) in [5, 5.41) is 27.0. The molecule has 1 heterocycles. The maximum Gasteiger partial charge on any atom is 0.157 e. The number of carbonyl (C=O) groups excluding carboxylic acids is 2. The first-order valence-corrected chi connectivity index (χ1v) is 18.5. The van der Waals surface area contributed by atoms with Crippen molar-refractivity contribution in [2.75, 3.05) is 85.5 Å². The van der Waals surface area contributed by atoms with Crippen LogP contribution in [-0.4, -0.2) is 113 Å². The molecular weight excluding hydrogens is 656 g/mol. The Morgan fingerprint density at radius 3 is 2.29 bits per heavy atom. The fourth-order valence-electron chi connectivity index (χ4n) is 6.86. The highest BCUT2D eigenvalue weighted by Gasteiger charge is 2.39. The Balaban J connectivity index is 0.000000282. The van der Waals surface area contributed by atoms with Crippen LogP contribution in [0.3, 0.4) is 0 Å². The summed E-state index contributed by atoms with van der Waals surface area (Å²) in [7, 11) is 6.01. The monoisotopic (exact) mass is 718 g/mol. The summed E-state index contributed by atoms with van der Waals surface area (Å²) < 4.78 is 11.0. The molecule has 0 aliphatic carbocycles. The smallest absolute Gasteiger partial charge is 0.157 e. The highest BCUT2D eigenvalue weighted by molar-refractivity contribution is 5.69. The van der Waals surface area contributed by atoms with Crippen molar-refractivity contribution in [1.29, 1.82) is 0 Å². The number of hydrogen-bond acceptors (Lipinski definition) is 10. The van der Waals surface area contributed by atoms with Gasteiger partial charge in [-0.25, -0.2) is 0 Å². The number of nitrogens with one attached hydrogen (secondary N) is 2. The molecule has 3 aromatic carbocycles. The summed E-state index contributed by atoms with van der Waals surface area (Å²) in [4.78, 5) is 25.7. The van der Waals surface area contributed by atoms with Crippen LogP contribution in [0.15, 0.2) is 60.7 Å². The zero-order valence-electron chi connectivity index (χ0n) is 32.2. The van der Waals surface area contributed by atoms with E-state index in [1.165, 1.54) is 5.56 Å². The zero-order valence-corrected chi connectivity index (χ0v) is 32.2. The first-order valence-electron chi connectivity index (χ1n) is 18.5. The molecule has 3 aromatic rings. The number of hydrogen-bond donors (Lipinski definition) is 4. The fraction of sp³-hybridized carbons (Fsp3) is 0.524. The zero-order chi connectivity index (χ0) is 38.0. The largest absolute Gasteiger partial charge is 0.508 e. The lowest BCUT2D eigenvalue weighted by Gasteiger charge is -2.42. The molecular formula is C42H62N4O6. The van der Waals surface area contributed by atoms with Crippen LogP contribution in [0.5, 0.6) is 17.2 Å².